The molecule has 0 saturated carbocycles. The minimum atomic E-state index is -4.46. The quantitative estimate of drug-likeness (QED) is 0.708. The van der Waals surface area contributed by atoms with Crippen LogP contribution in [0, 0.1) is 11.3 Å². The number of carbonyl (C=O) groups excluding carboxylic acids is 1. The van der Waals surface area contributed by atoms with E-state index in [0.717, 1.165) is 16.3 Å². The largest absolute Gasteiger partial charge is 0.406 e. The number of carbonyl (C=O) groups is 1. The SMILES string of the molecule is N#Cc1cccc(NC(=O)CSc2nnc(N3CCOCC3)n2CC(F)(F)F)c1. The summed E-state index contributed by atoms with van der Waals surface area (Å²) in [5.74, 6) is -0.481. The highest BCUT2D eigenvalue weighted by Gasteiger charge is 2.33. The molecule has 8 nitrogen and oxygen atoms in total. The second-order valence-corrected chi connectivity index (χ2v) is 7.06. The third-order valence-electron chi connectivity index (χ3n) is 3.94. The fourth-order valence-electron chi connectivity index (χ4n) is 2.70. The van der Waals surface area contributed by atoms with Crippen LogP contribution in [0.4, 0.5) is 24.8 Å². The van der Waals surface area contributed by atoms with Crippen molar-refractivity contribution in [3.63, 3.8) is 0 Å². The number of amides is 1. The molecule has 2 heterocycles. The van der Waals surface area contributed by atoms with Crippen molar-refractivity contribution in [2.75, 3.05) is 42.3 Å². The van der Waals surface area contributed by atoms with Gasteiger partial charge in [0.2, 0.25) is 11.9 Å². The normalized spacial score (nSPS) is 14.5. The van der Waals surface area contributed by atoms with E-state index in [1.54, 1.807) is 23.1 Å². The van der Waals surface area contributed by atoms with Crippen molar-refractivity contribution >= 4 is 29.3 Å². The Morgan fingerprint density at radius 1 is 1.31 bits per heavy atom. The van der Waals surface area contributed by atoms with Crippen molar-refractivity contribution in [2.24, 2.45) is 0 Å². The van der Waals surface area contributed by atoms with E-state index in [2.05, 4.69) is 15.5 Å². The van der Waals surface area contributed by atoms with Gasteiger partial charge in [0.05, 0.1) is 30.6 Å². The molecule has 12 heteroatoms. The van der Waals surface area contributed by atoms with Gasteiger partial charge in [0.25, 0.3) is 0 Å². The molecule has 1 aromatic heterocycles. The number of morpholine rings is 1. The van der Waals surface area contributed by atoms with Crippen LogP contribution in [0.2, 0.25) is 0 Å². The Balaban J connectivity index is 1.69. The third kappa shape index (κ3) is 5.85. The first-order valence-corrected chi connectivity index (χ1v) is 9.60. The molecule has 0 radical (unpaired) electrons. The first-order valence-electron chi connectivity index (χ1n) is 8.61. The van der Waals surface area contributed by atoms with Crippen LogP contribution in [-0.4, -0.2) is 58.9 Å². The van der Waals surface area contributed by atoms with E-state index in [0.29, 0.717) is 37.6 Å². The van der Waals surface area contributed by atoms with E-state index >= 15 is 0 Å². The van der Waals surface area contributed by atoms with Crippen molar-refractivity contribution in [2.45, 2.75) is 17.9 Å². The lowest BCUT2D eigenvalue weighted by atomic mass is 10.2. The maximum absolute atomic E-state index is 13.1. The summed E-state index contributed by atoms with van der Waals surface area (Å²) >= 11 is 0.864. The monoisotopic (exact) mass is 426 g/mol. The number of benzene rings is 1. The Morgan fingerprint density at radius 2 is 2.07 bits per heavy atom. The summed E-state index contributed by atoms with van der Waals surface area (Å²) in [6.07, 6.45) is -4.46. The molecule has 154 valence electrons. The summed E-state index contributed by atoms with van der Waals surface area (Å²) in [5, 5.41) is 19.3. The number of rotatable bonds is 6. The summed E-state index contributed by atoms with van der Waals surface area (Å²) in [5.41, 5.74) is 0.816. The molecule has 0 spiro atoms. The maximum atomic E-state index is 13.1. The van der Waals surface area contributed by atoms with Crippen LogP contribution in [0.5, 0.6) is 0 Å². The minimum Gasteiger partial charge on any atom is -0.378 e. The van der Waals surface area contributed by atoms with Gasteiger partial charge in [-0.1, -0.05) is 17.8 Å². The zero-order valence-electron chi connectivity index (χ0n) is 15.1. The molecule has 0 unspecified atom stereocenters. The molecule has 2 aromatic rings. The van der Waals surface area contributed by atoms with Crippen molar-refractivity contribution in [3.8, 4) is 6.07 Å². The first-order chi connectivity index (χ1) is 13.9. The van der Waals surface area contributed by atoms with Crippen molar-refractivity contribution in [1.29, 1.82) is 5.26 Å². The number of nitrogens with one attached hydrogen (secondary N) is 1. The van der Waals surface area contributed by atoms with Crippen LogP contribution in [0.15, 0.2) is 29.4 Å². The predicted octanol–water partition coefficient (Wildman–Crippen LogP) is 2.28. The topological polar surface area (TPSA) is 96.1 Å². The molecule has 1 N–H and O–H groups in total. The third-order valence-corrected chi connectivity index (χ3v) is 4.90. The number of ether oxygens (including phenoxy) is 1. The summed E-state index contributed by atoms with van der Waals surface area (Å²) in [6, 6.07) is 8.30. The molecule has 1 amide bonds. The number of halogens is 3. The lowest BCUT2D eigenvalue weighted by Crippen LogP contribution is -2.38. The molecule has 1 saturated heterocycles. The van der Waals surface area contributed by atoms with Gasteiger partial charge in [-0.25, -0.2) is 0 Å². The Kier molecular flexibility index (Phi) is 6.60. The molecule has 1 aliphatic rings. The van der Waals surface area contributed by atoms with Crippen LogP contribution in [0.25, 0.3) is 0 Å². The summed E-state index contributed by atoms with van der Waals surface area (Å²) < 4.78 is 45.4. The second-order valence-electron chi connectivity index (χ2n) is 6.11. The molecular weight excluding hydrogens is 409 g/mol. The molecule has 0 aliphatic carbocycles. The minimum absolute atomic E-state index is 0.00439. The zero-order valence-corrected chi connectivity index (χ0v) is 16.0. The van der Waals surface area contributed by atoms with Gasteiger partial charge >= 0.3 is 6.18 Å². The number of hydrogen-bond acceptors (Lipinski definition) is 7. The lowest BCUT2D eigenvalue weighted by molar-refractivity contribution is -0.141. The van der Waals surface area contributed by atoms with E-state index in [4.69, 9.17) is 10.00 Å². The first kappa shape index (κ1) is 20.9. The molecule has 29 heavy (non-hydrogen) atoms. The Bertz CT molecular complexity index is 905. The zero-order chi connectivity index (χ0) is 20.9. The number of hydrogen-bond donors (Lipinski definition) is 1. The summed E-state index contributed by atoms with van der Waals surface area (Å²) in [4.78, 5) is 13.8. The molecule has 0 bridgehead atoms. The van der Waals surface area contributed by atoms with Gasteiger partial charge in [-0.15, -0.1) is 10.2 Å². The number of alkyl halides is 3. The van der Waals surface area contributed by atoms with Crippen LogP contribution < -0.4 is 10.2 Å². The maximum Gasteiger partial charge on any atom is 0.406 e. The van der Waals surface area contributed by atoms with Gasteiger partial charge in [-0.05, 0) is 18.2 Å². The van der Waals surface area contributed by atoms with Gasteiger partial charge in [0, 0.05) is 18.8 Å². The van der Waals surface area contributed by atoms with Gasteiger partial charge in [0.15, 0.2) is 5.16 Å². The molecule has 1 aromatic carbocycles. The highest BCUT2D eigenvalue weighted by Crippen LogP contribution is 2.28. The molecule has 1 aliphatic heterocycles. The number of anilines is 2. The van der Waals surface area contributed by atoms with Gasteiger partial charge in [-0.2, -0.15) is 18.4 Å². The predicted molar refractivity (Wildman–Crippen MR) is 99.6 cm³/mol. The number of nitrogens with zero attached hydrogens (tertiary/aromatic N) is 5. The van der Waals surface area contributed by atoms with Gasteiger partial charge in [-0.3, -0.25) is 9.36 Å². The van der Waals surface area contributed by atoms with Crippen LogP contribution >= 0.6 is 11.8 Å². The summed E-state index contributed by atoms with van der Waals surface area (Å²) in [6.45, 7) is 0.366. The fraction of sp³-hybridized carbons (Fsp3) is 0.412. The number of thioether (sulfide) groups is 1. The fourth-order valence-corrected chi connectivity index (χ4v) is 3.43. The van der Waals surface area contributed by atoms with Crippen molar-refractivity contribution in [1.82, 2.24) is 14.8 Å². The Labute approximate surface area is 168 Å². The average Bonchev–Trinajstić information content (AvgIpc) is 3.08. The summed E-state index contributed by atoms with van der Waals surface area (Å²) in [7, 11) is 0. The van der Waals surface area contributed by atoms with Crippen LogP contribution in [0.1, 0.15) is 5.56 Å². The van der Waals surface area contributed by atoms with Gasteiger partial charge in [0.1, 0.15) is 6.54 Å². The molecule has 3 rings (SSSR count). The van der Waals surface area contributed by atoms with E-state index in [1.165, 1.54) is 6.07 Å². The molecular formula is C17H17F3N6O2S. The molecule has 0 atom stereocenters. The highest BCUT2D eigenvalue weighted by atomic mass is 32.2. The van der Waals surface area contributed by atoms with Gasteiger partial charge < -0.3 is 15.0 Å². The molecule has 1 fully saturated rings. The lowest BCUT2D eigenvalue weighted by Gasteiger charge is -2.28. The standard InChI is InChI=1S/C17H17F3N6O2S/c18-17(19,20)11-26-15(25-4-6-28-7-5-25)23-24-16(26)29-10-14(27)22-13-3-1-2-12(8-13)9-21/h1-3,8H,4-7,10-11H2,(H,22,27). The van der Waals surface area contributed by atoms with E-state index in [-0.39, 0.29) is 16.9 Å². The van der Waals surface area contributed by atoms with Crippen molar-refractivity contribution in [3.05, 3.63) is 29.8 Å². The number of nitriles is 1. The second kappa shape index (κ2) is 9.15. The van der Waals surface area contributed by atoms with E-state index in [1.807, 2.05) is 6.07 Å². The van der Waals surface area contributed by atoms with Crippen LogP contribution in [0.3, 0.4) is 0 Å². The number of aromatic nitrogens is 3. The highest BCUT2D eigenvalue weighted by molar-refractivity contribution is 7.99. The van der Waals surface area contributed by atoms with E-state index in [9.17, 15) is 18.0 Å². The van der Waals surface area contributed by atoms with Crippen LogP contribution in [-0.2, 0) is 16.1 Å². The van der Waals surface area contributed by atoms with Crippen molar-refractivity contribution < 1.29 is 22.7 Å². The average molecular weight is 426 g/mol. The Hall–Kier alpha value is -2.78. The van der Waals surface area contributed by atoms with E-state index < -0.39 is 18.6 Å². The Morgan fingerprint density at radius 3 is 2.76 bits per heavy atom. The smallest absolute Gasteiger partial charge is 0.378 e.